The maximum absolute atomic E-state index is 10.4. The van der Waals surface area contributed by atoms with Gasteiger partial charge in [-0.1, -0.05) is 19.4 Å². The van der Waals surface area contributed by atoms with Crippen LogP contribution in [0.2, 0.25) is 0 Å². The molecule has 0 unspecified atom stereocenters. The van der Waals surface area contributed by atoms with E-state index in [9.17, 15) is 4.79 Å². The van der Waals surface area contributed by atoms with Gasteiger partial charge in [0, 0.05) is 5.57 Å². The molecule has 0 aromatic rings. The first-order valence-corrected chi connectivity index (χ1v) is 3.60. The van der Waals surface area contributed by atoms with E-state index in [4.69, 9.17) is 5.11 Å². The van der Waals surface area contributed by atoms with Crippen LogP contribution in [-0.4, -0.2) is 11.1 Å². The van der Waals surface area contributed by atoms with Crippen molar-refractivity contribution in [2.45, 2.75) is 33.1 Å². The monoisotopic (exact) mass is 142 g/mol. The number of allylic oxidation sites excluding steroid dienone is 1. The molecular weight excluding hydrogens is 128 g/mol. The number of carboxylic acids is 1. The predicted octanol–water partition coefficient (Wildman–Crippen LogP) is 2.21. The van der Waals surface area contributed by atoms with Gasteiger partial charge in [-0.2, -0.15) is 0 Å². The lowest BCUT2D eigenvalue weighted by Gasteiger charge is -1.97. The summed E-state index contributed by atoms with van der Waals surface area (Å²) in [6, 6.07) is 0. The Balaban J connectivity index is 3.74. The Morgan fingerprint density at radius 2 is 2.20 bits per heavy atom. The van der Waals surface area contributed by atoms with Gasteiger partial charge in [-0.15, -0.1) is 0 Å². The third-order valence-electron chi connectivity index (χ3n) is 1.42. The zero-order chi connectivity index (χ0) is 7.98. The number of aliphatic carboxylic acids is 1. The van der Waals surface area contributed by atoms with E-state index in [1.165, 1.54) is 0 Å². The smallest absolute Gasteiger partial charge is 0.331 e. The molecule has 0 rings (SSSR count). The Hall–Kier alpha value is -0.790. The van der Waals surface area contributed by atoms with Crippen LogP contribution in [0.25, 0.3) is 0 Å². The second-order valence-electron chi connectivity index (χ2n) is 2.22. The first kappa shape index (κ1) is 9.21. The maximum atomic E-state index is 10.4. The number of hydrogen-bond donors (Lipinski definition) is 1. The van der Waals surface area contributed by atoms with E-state index in [2.05, 4.69) is 6.92 Å². The van der Waals surface area contributed by atoms with Gasteiger partial charge in [0.1, 0.15) is 0 Å². The van der Waals surface area contributed by atoms with Crippen LogP contribution in [0.15, 0.2) is 11.6 Å². The van der Waals surface area contributed by atoms with Crippen molar-refractivity contribution in [2.75, 3.05) is 0 Å². The van der Waals surface area contributed by atoms with Gasteiger partial charge in [-0.05, 0) is 19.8 Å². The third-order valence-corrected chi connectivity index (χ3v) is 1.42. The topological polar surface area (TPSA) is 37.3 Å². The van der Waals surface area contributed by atoms with Crippen LogP contribution in [0.5, 0.6) is 0 Å². The lowest BCUT2D eigenvalue weighted by molar-refractivity contribution is -0.132. The highest BCUT2D eigenvalue weighted by molar-refractivity contribution is 5.86. The predicted molar refractivity (Wildman–Crippen MR) is 40.9 cm³/mol. The lowest BCUT2D eigenvalue weighted by atomic mass is 10.1. The van der Waals surface area contributed by atoms with E-state index in [1.807, 2.05) is 0 Å². The van der Waals surface area contributed by atoms with Crippen molar-refractivity contribution in [3.05, 3.63) is 11.6 Å². The highest BCUT2D eigenvalue weighted by atomic mass is 16.4. The van der Waals surface area contributed by atoms with Crippen molar-refractivity contribution in [3.63, 3.8) is 0 Å². The number of carbonyl (C=O) groups is 1. The minimum absolute atomic E-state index is 0.529. The Labute approximate surface area is 61.6 Å². The molecule has 10 heavy (non-hydrogen) atoms. The van der Waals surface area contributed by atoms with E-state index in [0.29, 0.717) is 12.0 Å². The summed E-state index contributed by atoms with van der Waals surface area (Å²) in [5.41, 5.74) is 0.529. The molecule has 0 aliphatic rings. The summed E-state index contributed by atoms with van der Waals surface area (Å²) in [6.45, 7) is 3.81. The van der Waals surface area contributed by atoms with Gasteiger partial charge in [0.15, 0.2) is 0 Å². The van der Waals surface area contributed by atoms with Crippen molar-refractivity contribution in [3.8, 4) is 0 Å². The maximum Gasteiger partial charge on any atom is 0.331 e. The molecule has 0 aliphatic carbocycles. The Morgan fingerprint density at radius 1 is 1.60 bits per heavy atom. The molecule has 0 aromatic carbocycles. The van der Waals surface area contributed by atoms with Crippen molar-refractivity contribution >= 4 is 5.97 Å². The molecule has 0 radical (unpaired) electrons. The number of hydrogen-bond acceptors (Lipinski definition) is 1. The van der Waals surface area contributed by atoms with Gasteiger partial charge >= 0.3 is 5.97 Å². The zero-order valence-corrected chi connectivity index (χ0v) is 6.55. The molecule has 58 valence electrons. The largest absolute Gasteiger partial charge is 0.478 e. The first-order valence-electron chi connectivity index (χ1n) is 3.60. The van der Waals surface area contributed by atoms with Gasteiger partial charge in [0.05, 0.1) is 0 Å². The molecule has 0 saturated carbocycles. The fraction of sp³-hybridized carbons (Fsp3) is 0.625. The first-order chi connectivity index (χ1) is 4.72. The number of rotatable bonds is 4. The Morgan fingerprint density at radius 3 is 2.50 bits per heavy atom. The van der Waals surface area contributed by atoms with Crippen molar-refractivity contribution < 1.29 is 9.90 Å². The molecule has 0 bridgehead atoms. The third kappa shape index (κ3) is 3.28. The molecule has 0 aliphatic heterocycles. The highest BCUT2D eigenvalue weighted by Gasteiger charge is 2.02. The quantitative estimate of drug-likeness (QED) is 0.611. The van der Waals surface area contributed by atoms with Gasteiger partial charge in [-0.3, -0.25) is 0 Å². The Kier molecular flexibility index (Phi) is 4.63. The van der Waals surface area contributed by atoms with Crippen molar-refractivity contribution in [2.24, 2.45) is 0 Å². The van der Waals surface area contributed by atoms with Crippen LogP contribution >= 0.6 is 0 Å². The van der Waals surface area contributed by atoms with Gasteiger partial charge in [-0.25, -0.2) is 4.79 Å². The minimum Gasteiger partial charge on any atom is -0.478 e. The summed E-state index contributed by atoms with van der Waals surface area (Å²) in [6.07, 6.45) is 4.37. The second-order valence-corrected chi connectivity index (χ2v) is 2.22. The lowest BCUT2D eigenvalue weighted by Crippen LogP contribution is -1.99. The molecule has 0 amide bonds. The minimum atomic E-state index is -0.782. The fourth-order valence-electron chi connectivity index (χ4n) is 0.742. The van der Waals surface area contributed by atoms with Crippen LogP contribution in [0.4, 0.5) is 0 Å². The SMILES string of the molecule is CC=C(CCCC)C(=O)O. The van der Waals surface area contributed by atoms with Gasteiger partial charge in [0.2, 0.25) is 0 Å². The highest BCUT2D eigenvalue weighted by Crippen LogP contribution is 2.06. The van der Waals surface area contributed by atoms with Crippen LogP contribution in [-0.2, 0) is 4.79 Å². The second kappa shape index (κ2) is 5.03. The standard InChI is InChI=1S/C8H14O2/c1-3-5-6-7(4-2)8(9)10/h4H,3,5-6H2,1-2H3,(H,9,10). The molecule has 2 nitrogen and oxygen atoms in total. The summed E-state index contributed by atoms with van der Waals surface area (Å²) < 4.78 is 0. The molecule has 0 atom stereocenters. The van der Waals surface area contributed by atoms with Crippen LogP contribution < -0.4 is 0 Å². The summed E-state index contributed by atoms with van der Waals surface area (Å²) in [4.78, 5) is 10.4. The van der Waals surface area contributed by atoms with Gasteiger partial charge in [0.25, 0.3) is 0 Å². The molecule has 0 heterocycles. The number of carboxylic acid groups (broad SMARTS) is 1. The van der Waals surface area contributed by atoms with Crippen LogP contribution in [0, 0.1) is 0 Å². The van der Waals surface area contributed by atoms with Crippen molar-refractivity contribution in [1.82, 2.24) is 0 Å². The average molecular weight is 142 g/mol. The van der Waals surface area contributed by atoms with E-state index in [0.717, 1.165) is 12.8 Å². The van der Waals surface area contributed by atoms with Crippen LogP contribution in [0.3, 0.4) is 0 Å². The molecule has 0 fully saturated rings. The summed E-state index contributed by atoms with van der Waals surface area (Å²) in [5.74, 6) is -0.782. The normalized spacial score (nSPS) is 11.6. The average Bonchev–Trinajstić information content (AvgIpc) is 1.89. The van der Waals surface area contributed by atoms with E-state index in [-0.39, 0.29) is 0 Å². The summed E-state index contributed by atoms with van der Waals surface area (Å²) in [5, 5.41) is 8.53. The molecule has 0 saturated heterocycles. The molecule has 0 aromatic heterocycles. The zero-order valence-electron chi connectivity index (χ0n) is 6.55. The Bertz CT molecular complexity index is 136. The number of unbranched alkanes of at least 4 members (excludes halogenated alkanes) is 1. The molecular formula is C8H14O2. The molecule has 1 N–H and O–H groups in total. The van der Waals surface area contributed by atoms with E-state index < -0.39 is 5.97 Å². The summed E-state index contributed by atoms with van der Waals surface area (Å²) in [7, 11) is 0. The summed E-state index contributed by atoms with van der Waals surface area (Å²) >= 11 is 0. The fourth-order valence-corrected chi connectivity index (χ4v) is 0.742. The van der Waals surface area contributed by atoms with E-state index >= 15 is 0 Å². The molecule has 0 spiro atoms. The van der Waals surface area contributed by atoms with Gasteiger partial charge < -0.3 is 5.11 Å². The van der Waals surface area contributed by atoms with E-state index in [1.54, 1.807) is 13.0 Å². The van der Waals surface area contributed by atoms with Crippen LogP contribution in [0.1, 0.15) is 33.1 Å². The molecule has 2 heteroatoms. The van der Waals surface area contributed by atoms with Crippen molar-refractivity contribution in [1.29, 1.82) is 0 Å².